The van der Waals surface area contributed by atoms with Gasteiger partial charge in [-0.2, -0.15) is 0 Å². The first-order valence-electron chi connectivity index (χ1n) is 8.82. The molecule has 0 aromatic heterocycles. The molecule has 1 aliphatic heterocycles. The number of rotatable bonds is 7. The molecule has 1 unspecified atom stereocenters. The summed E-state index contributed by atoms with van der Waals surface area (Å²) < 4.78 is 62.6. The minimum Gasteiger partial charge on any atom is -0.493 e. The van der Waals surface area contributed by atoms with Crippen LogP contribution in [0.25, 0.3) is 0 Å². The van der Waals surface area contributed by atoms with Crippen LogP contribution in [0.3, 0.4) is 0 Å². The summed E-state index contributed by atoms with van der Waals surface area (Å²) >= 11 is 0. The highest BCUT2D eigenvalue weighted by molar-refractivity contribution is 5.43. The number of nitrogens with zero attached hydrogens (tertiary/aromatic N) is 1. The first-order valence-corrected chi connectivity index (χ1v) is 8.82. The van der Waals surface area contributed by atoms with E-state index in [1.807, 2.05) is 4.90 Å². The highest BCUT2D eigenvalue weighted by Crippen LogP contribution is 2.30. The number of methoxy groups -OCH3 is 2. The van der Waals surface area contributed by atoms with E-state index in [2.05, 4.69) is 0 Å². The van der Waals surface area contributed by atoms with Gasteiger partial charge in [-0.05, 0) is 18.2 Å². The highest BCUT2D eigenvalue weighted by atomic mass is 19.1. The maximum absolute atomic E-state index is 14.4. The number of ether oxygens (including phenoxy) is 4. The van der Waals surface area contributed by atoms with Crippen LogP contribution >= 0.6 is 0 Å². The molecule has 1 aliphatic rings. The maximum atomic E-state index is 14.4. The van der Waals surface area contributed by atoms with Gasteiger partial charge in [0.2, 0.25) is 0 Å². The standard InChI is InChI=1S/C20H22F3NO4/c1-25-19-7-13(17(23)9-20(19)26-2)10-24-5-6-27-15(11-24)12-28-18-8-14(21)3-4-16(18)22/h3-4,7-9,15H,5-6,10-12H2,1-2H3. The number of halogens is 3. The molecule has 8 heteroatoms. The summed E-state index contributed by atoms with van der Waals surface area (Å²) in [6, 6.07) is 5.94. The number of benzene rings is 2. The van der Waals surface area contributed by atoms with Crippen LogP contribution in [0.2, 0.25) is 0 Å². The lowest BCUT2D eigenvalue weighted by atomic mass is 10.1. The summed E-state index contributed by atoms with van der Waals surface area (Å²) in [6.45, 7) is 1.91. The van der Waals surface area contributed by atoms with Crippen LogP contribution < -0.4 is 14.2 Å². The van der Waals surface area contributed by atoms with Gasteiger partial charge in [0.05, 0.1) is 20.8 Å². The molecule has 0 spiro atoms. The number of hydrogen-bond donors (Lipinski definition) is 0. The van der Waals surface area contributed by atoms with Crippen LogP contribution in [0.1, 0.15) is 5.56 Å². The Labute approximate surface area is 161 Å². The Kier molecular flexibility index (Phi) is 6.64. The Morgan fingerprint density at radius 3 is 2.50 bits per heavy atom. The fourth-order valence-electron chi connectivity index (χ4n) is 3.05. The topological polar surface area (TPSA) is 40.2 Å². The SMILES string of the molecule is COc1cc(F)c(CN2CCOC(COc3cc(F)ccc3F)C2)cc1OC. The molecule has 0 bridgehead atoms. The molecular formula is C20H22F3NO4. The third-order valence-electron chi connectivity index (χ3n) is 4.49. The van der Waals surface area contributed by atoms with Gasteiger partial charge in [-0.1, -0.05) is 0 Å². The second-order valence-electron chi connectivity index (χ2n) is 6.41. The van der Waals surface area contributed by atoms with Gasteiger partial charge in [0.1, 0.15) is 24.3 Å². The second-order valence-corrected chi connectivity index (χ2v) is 6.41. The molecule has 5 nitrogen and oxygen atoms in total. The lowest BCUT2D eigenvalue weighted by Gasteiger charge is -2.33. The van der Waals surface area contributed by atoms with E-state index < -0.39 is 17.5 Å². The Hall–Kier alpha value is -2.45. The van der Waals surface area contributed by atoms with Gasteiger partial charge < -0.3 is 18.9 Å². The minimum absolute atomic E-state index is 0.0608. The monoisotopic (exact) mass is 397 g/mol. The van der Waals surface area contributed by atoms with Crippen LogP contribution in [0.15, 0.2) is 30.3 Å². The van der Waals surface area contributed by atoms with Crippen molar-refractivity contribution in [2.45, 2.75) is 12.6 Å². The van der Waals surface area contributed by atoms with Crippen molar-refractivity contribution >= 4 is 0 Å². The fraction of sp³-hybridized carbons (Fsp3) is 0.400. The lowest BCUT2D eigenvalue weighted by Crippen LogP contribution is -2.44. The smallest absolute Gasteiger partial charge is 0.165 e. The molecule has 0 aliphatic carbocycles. The van der Waals surface area contributed by atoms with E-state index in [0.717, 1.165) is 18.2 Å². The summed E-state index contributed by atoms with van der Waals surface area (Å²) in [5, 5.41) is 0. The van der Waals surface area contributed by atoms with Gasteiger partial charge in [0.15, 0.2) is 23.1 Å². The van der Waals surface area contributed by atoms with Crippen LogP contribution in [0.4, 0.5) is 13.2 Å². The van der Waals surface area contributed by atoms with E-state index in [-0.39, 0.29) is 18.5 Å². The Morgan fingerprint density at radius 2 is 1.75 bits per heavy atom. The molecule has 0 amide bonds. The third kappa shape index (κ3) is 4.88. The first-order chi connectivity index (χ1) is 13.5. The predicted octanol–water partition coefficient (Wildman–Crippen LogP) is 3.40. The van der Waals surface area contributed by atoms with Gasteiger partial charge in [-0.15, -0.1) is 0 Å². The van der Waals surface area contributed by atoms with Gasteiger partial charge in [0, 0.05) is 37.3 Å². The van der Waals surface area contributed by atoms with Gasteiger partial charge >= 0.3 is 0 Å². The molecule has 1 heterocycles. The van der Waals surface area contributed by atoms with Gasteiger partial charge in [0.25, 0.3) is 0 Å². The van der Waals surface area contributed by atoms with Crippen molar-refractivity contribution in [2.75, 3.05) is 40.5 Å². The van der Waals surface area contributed by atoms with Crippen LogP contribution in [0, 0.1) is 17.5 Å². The van der Waals surface area contributed by atoms with Crippen molar-refractivity contribution in [1.82, 2.24) is 4.90 Å². The maximum Gasteiger partial charge on any atom is 0.165 e. The number of hydrogen-bond acceptors (Lipinski definition) is 5. The van der Waals surface area contributed by atoms with Crippen molar-refractivity contribution in [2.24, 2.45) is 0 Å². The zero-order valence-electron chi connectivity index (χ0n) is 15.7. The van der Waals surface area contributed by atoms with Crippen molar-refractivity contribution in [3.05, 3.63) is 53.3 Å². The first kappa shape index (κ1) is 20.3. The van der Waals surface area contributed by atoms with E-state index in [1.165, 1.54) is 20.3 Å². The summed E-state index contributed by atoms with van der Waals surface area (Å²) in [5.41, 5.74) is 0.468. The van der Waals surface area contributed by atoms with Crippen LogP contribution in [-0.2, 0) is 11.3 Å². The van der Waals surface area contributed by atoms with E-state index in [9.17, 15) is 13.2 Å². The van der Waals surface area contributed by atoms with Crippen molar-refractivity contribution in [3.8, 4) is 17.2 Å². The third-order valence-corrected chi connectivity index (χ3v) is 4.49. The van der Waals surface area contributed by atoms with Crippen LogP contribution in [0.5, 0.6) is 17.2 Å². The van der Waals surface area contributed by atoms with Crippen molar-refractivity contribution in [3.63, 3.8) is 0 Å². The van der Waals surface area contributed by atoms with Crippen molar-refractivity contribution in [1.29, 1.82) is 0 Å². The summed E-state index contributed by atoms with van der Waals surface area (Å²) in [5.74, 6) is -0.985. The Morgan fingerprint density at radius 1 is 1.00 bits per heavy atom. The molecule has 1 fully saturated rings. The molecule has 2 aromatic carbocycles. The zero-order chi connectivity index (χ0) is 20.1. The minimum atomic E-state index is -0.638. The predicted molar refractivity (Wildman–Crippen MR) is 96.4 cm³/mol. The molecule has 2 aromatic rings. The van der Waals surface area contributed by atoms with E-state index in [1.54, 1.807) is 6.07 Å². The molecule has 1 saturated heterocycles. The fourth-order valence-corrected chi connectivity index (χ4v) is 3.05. The quantitative estimate of drug-likeness (QED) is 0.716. The van der Waals surface area contributed by atoms with E-state index in [4.69, 9.17) is 18.9 Å². The molecule has 1 atom stereocenters. The normalized spacial score (nSPS) is 17.4. The molecule has 28 heavy (non-hydrogen) atoms. The largest absolute Gasteiger partial charge is 0.493 e. The van der Waals surface area contributed by atoms with E-state index >= 15 is 0 Å². The number of morpholine rings is 1. The van der Waals surface area contributed by atoms with Crippen molar-refractivity contribution < 1.29 is 32.1 Å². The summed E-state index contributed by atoms with van der Waals surface area (Å²) in [6.07, 6.45) is -0.348. The summed E-state index contributed by atoms with van der Waals surface area (Å²) in [4.78, 5) is 2.00. The molecule has 0 radical (unpaired) electrons. The average Bonchev–Trinajstić information content (AvgIpc) is 2.70. The van der Waals surface area contributed by atoms with Gasteiger partial charge in [-0.25, -0.2) is 13.2 Å². The Balaban J connectivity index is 1.61. The van der Waals surface area contributed by atoms with Gasteiger partial charge in [-0.3, -0.25) is 4.90 Å². The Bertz CT molecular complexity index is 818. The lowest BCUT2D eigenvalue weighted by molar-refractivity contribution is -0.0511. The molecule has 3 rings (SSSR count). The molecule has 152 valence electrons. The zero-order valence-corrected chi connectivity index (χ0v) is 15.7. The highest BCUT2D eigenvalue weighted by Gasteiger charge is 2.23. The molecular weight excluding hydrogens is 375 g/mol. The van der Waals surface area contributed by atoms with E-state index in [0.29, 0.717) is 43.3 Å². The summed E-state index contributed by atoms with van der Waals surface area (Å²) in [7, 11) is 2.94. The molecule has 0 N–H and O–H groups in total. The average molecular weight is 397 g/mol. The second kappa shape index (κ2) is 9.16. The molecule has 0 saturated carbocycles. The van der Waals surface area contributed by atoms with Crippen LogP contribution in [-0.4, -0.2) is 51.5 Å².